The smallest absolute Gasteiger partial charge is 0.145 e. The van der Waals surface area contributed by atoms with Gasteiger partial charge in [-0.1, -0.05) is 146 Å². The van der Waals surface area contributed by atoms with Gasteiger partial charge in [0.1, 0.15) is 22.3 Å². The number of aromatic nitrogens is 1. The lowest BCUT2D eigenvalue weighted by atomic mass is 9.95. The third kappa shape index (κ3) is 5.20. The Bertz CT molecular complexity index is 3850. The summed E-state index contributed by atoms with van der Waals surface area (Å²) in [5.41, 5.74) is 14.2. The third-order valence-electron chi connectivity index (χ3n) is 12.6. The van der Waals surface area contributed by atoms with Crippen LogP contribution in [0.25, 0.3) is 104 Å². The fourth-order valence-electron chi connectivity index (χ4n) is 9.86. The van der Waals surface area contributed by atoms with Gasteiger partial charge in [-0.25, -0.2) is 0 Å². The van der Waals surface area contributed by atoms with E-state index in [1.807, 2.05) is 18.2 Å². The van der Waals surface area contributed by atoms with Gasteiger partial charge in [0.15, 0.2) is 0 Å². The van der Waals surface area contributed by atoms with Crippen molar-refractivity contribution in [3.8, 4) is 27.9 Å². The summed E-state index contributed by atoms with van der Waals surface area (Å²) in [5, 5.41) is 9.17. The third-order valence-corrected chi connectivity index (χ3v) is 12.6. The zero-order chi connectivity index (χ0) is 40.7. The number of hydrogen-bond acceptors (Lipinski definition) is 3. The highest BCUT2D eigenvalue weighted by molar-refractivity contribution is 6.16. The molecule has 4 heteroatoms. The molecule has 4 nitrogen and oxygen atoms in total. The number of nitrogens with zero attached hydrogens (tertiary/aromatic N) is 2. The number of benzene rings is 10. The van der Waals surface area contributed by atoms with Gasteiger partial charge in [0.2, 0.25) is 0 Å². The SMILES string of the molecule is c1cc(-c2cccc3oc4ccccc4c23)cc(N(c2ccc3ccccc3c2)c2ccc3c(oc4ccccc43)c2-c2ccccc2-n2c3ccccc3c3ccccc32)c1. The molecule has 62 heavy (non-hydrogen) atoms. The van der Waals surface area contributed by atoms with E-state index in [0.717, 1.165) is 105 Å². The van der Waals surface area contributed by atoms with Crippen LogP contribution in [0.1, 0.15) is 0 Å². The molecule has 0 fully saturated rings. The summed E-state index contributed by atoms with van der Waals surface area (Å²) in [6.07, 6.45) is 0. The minimum absolute atomic E-state index is 0.841. The van der Waals surface area contributed by atoms with E-state index in [4.69, 9.17) is 8.83 Å². The topological polar surface area (TPSA) is 34.5 Å². The first kappa shape index (κ1) is 34.5. The molecular formula is C58H36N2O2. The Morgan fingerprint density at radius 2 is 0.984 bits per heavy atom. The summed E-state index contributed by atoms with van der Waals surface area (Å²) in [5.74, 6) is 0. The summed E-state index contributed by atoms with van der Waals surface area (Å²) < 4.78 is 15.8. The summed E-state index contributed by atoms with van der Waals surface area (Å²) >= 11 is 0. The van der Waals surface area contributed by atoms with Gasteiger partial charge in [0.05, 0.1) is 28.0 Å². The summed E-state index contributed by atoms with van der Waals surface area (Å²) in [7, 11) is 0. The molecule has 13 rings (SSSR count). The number of hydrogen-bond donors (Lipinski definition) is 0. The largest absolute Gasteiger partial charge is 0.456 e. The maximum absolute atomic E-state index is 7.05. The van der Waals surface area contributed by atoms with Crippen molar-refractivity contribution in [2.24, 2.45) is 0 Å². The van der Waals surface area contributed by atoms with Crippen LogP contribution in [0.15, 0.2) is 227 Å². The van der Waals surface area contributed by atoms with Gasteiger partial charge in [-0.3, -0.25) is 0 Å². The van der Waals surface area contributed by atoms with E-state index >= 15 is 0 Å². The van der Waals surface area contributed by atoms with Crippen LogP contribution in [0.4, 0.5) is 17.1 Å². The molecule has 0 saturated heterocycles. The lowest BCUT2D eigenvalue weighted by Crippen LogP contribution is -2.12. The molecule has 0 aliphatic rings. The van der Waals surface area contributed by atoms with Crippen LogP contribution in [0, 0.1) is 0 Å². The van der Waals surface area contributed by atoms with Crippen molar-refractivity contribution >= 4 is 93.5 Å². The van der Waals surface area contributed by atoms with E-state index < -0.39 is 0 Å². The van der Waals surface area contributed by atoms with E-state index in [0.29, 0.717) is 0 Å². The first-order valence-corrected chi connectivity index (χ1v) is 21.1. The van der Waals surface area contributed by atoms with E-state index in [1.165, 1.54) is 16.2 Å². The van der Waals surface area contributed by atoms with Crippen molar-refractivity contribution < 1.29 is 8.83 Å². The fraction of sp³-hybridized carbons (Fsp3) is 0. The molecule has 0 saturated carbocycles. The highest BCUT2D eigenvalue weighted by Gasteiger charge is 2.26. The highest BCUT2D eigenvalue weighted by atomic mass is 16.3. The molecule has 13 aromatic rings. The number of anilines is 3. The molecule has 0 spiro atoms. The molecule has 0 bridgehead atoms. The second-order valence-corrected chi connectivity index (χ2v) is 16.0. The van der Waals surface area contributed by atoms with Crippen molar-refractivity contribution in [1.29, 1.82) is 0 Å². The first-order valence-electron chi connectivity index (χ1n) is 21.1. The molecule has 0 amide bonds. The van der Waals surface area contributed by atoms with E-state index in [9.17, 15) is 0 Å². The normalized spacial score (nSPS) is 11.9. The van der Waals surface area contributed by atoms with Gasteiger partial charge in [0, 0.05) is 49.3 Å². The van der Waals surface area contributed by atoms with Crippen LogP contribution < -0.4 is 4.90 Å². The second-order valence-electron chi connectivity index (χ2n) is 16.0. The Kier molecular flexibility index (Phi) is 7.57. The van der Waals surface area contributed by atoms with Gasteiger partial charge in [-0.05, 0) is 94.7 Å². The zero-order valence-corrected chi connectivity index (χ0v) is 33.5. The second kappa shape index (κ2) is 13.6. The number of furan rings is 2. The number of rotatable bonds is 6. The maximum Gasteiger partial charge on any atom is 0.145 e. The number of para-hydroxylation sites is 5. The van der Waals surface area contributed by atoms with Gasteiger partial charge in [-0.15, -0.1) is 0 Å². The number of fused-ring (bicyclic) bond motifs is 10. The molecule has 3 aromatic heterocycles. The molecule has 0 N–H and O–H groups in total. The summed E-state index contributed by atoms with van der Waals surface area (Å²) in [6.45, 7) is 0. The summed E-state index contributed by atoms with van der Waals surface area (Å²) in [4.78, 5) is 2.41. The monoisotopic (exact) mass is 792 g/mol. The molecule has 0 aliphatic carbocycles. The molecule has 290 valence electrons. The molecule has 0 atom stereocenters. The Labute approximate surface area is 356 Å². The minimum atomic E-state index is 0.841. The van der Waals surface area contributed by atoms with Crippen molar-refractivity contribution in [1.82, 2.24) is 4.57 Å². The average Bonchev–Trinajstić information content (AvgIpc) is 4.01. The molecule has 3 heterocycles. The van der Waals surface area contributed by atoms with E-state index in [-0.39, 0.29) is 0 Å². The lowest BCUT2D eigenvalue weighted by Gasteiger charge is -2.29. The predicted octanol–water partition coefficient (Wildman–Crippen LogP) is 16.5. The van der Waals surface area contributed by atoms with Gasteiger partial charge in [-0.2, -0.15) is 0 Å². The minimum Gasteiger partial charge on any atom is -0.456 e. The predicted molar refractivity (Wildman–Crippen MR) is 258 cm³/mol. The van der Waals surface area contributed by atoms with Crippen molar-refractivity contribution in [2.75, 3.05) is 4.90 Å². The zero-order valence-electron chi connectivity index (χ0n) is 33.5. The van der Waals surface area contributed by atoms with Crippen LogP contribution in [0.5, 0.6) is 0 Å². The highest BCUT2D eigenvalue weighted by Crippen LogP contribution is 2.50. The van der Waals surface area contributed by atoms with E-state index in [2.05, 4.69) is 210 Å². The van der Waals surface area contributed by atoms with Gasteiger partial charge in [0.25, 0.3) is 0 Å². The Balaban J connectivity index is 1.13. The maximum atomic E-state index is 7.05. The van der Waals surface area contributed by atoms with Gasteiger partial charge >= 0.3 is 0 Å². The molecular weight excluding hydrogens is 757 g/mol. The Morgan fingerprint density at radius 1 is 0.371 bits per heavy atom. The molecule has 0 aliphatic heterocycles. The Hall–Kier alpha value is -8.34. The lowest BCUT2D eigenvalue weighted by molar-refractivity contribution is 0.669. The van der Waals surface area contributed by atoms with E-state index in [1.54, 1.807) is 0 Å². The Morgan fingerprint density at radius 3 is 1.81 bits per heavy atom. The van der Waals surface area contributed by atoms with Gasteiger partial charge < -0.3 is 18.3 Å². The molecule has 10 aromatic carbocycles. The average molecular weight is 793 g/mol. The summed E-state index contributed by atoms with van der Waals surface area (Å²) in [6, 6.07) is 78.1. The molecule has 0 radical (unpaired) electrons. The van der Waals surface area contributed by atoms with Crippen LogP contribution in [-0.2, 0) is 0 Å². The van der Waals surface area contributed by atoms with Crippen molar-refractivity contribution in [2.45, 2.75) is 0 Å². The fourth-order valence-corrected chi connectivity index (χ4v) is 9.86. The van der Waals surface area contributed by atoms with Crippen LogP contribution in [0.3, 0.4) is 0 Å². The first-order chi connectivity index (χ1) is 30.8. The van der Waals surface area contributed by atoms with Crippen LogP contribution in [0.2, 0.25) is 0 Å². The quantitative estimate of drug-likeness (QED) is 0.168. The van der Waals surface area contributed by atoms with Crippen molar-refractivity contribution in [3.05, 3.63) is 218 Å². The van der Waals surface area contributed by atoms with Crippen molar-refractivity contribution in [3.63, 3.8) is 0 Å². The molecule has 0 unspecified atom stereocenters. The van der Waals surface area contributed by atoms with Crippen LogP contribution >= 0.6 is 0 Å². The standard InChI is InChI=1S/C58H36N2O2/c1-2-16-38-35-41(32-31-37(38)15-1)59(40-18-13-17-39(36-40)42-24-14-30-55-56(42)48-23-7-12-29-54(48)61-55)52-34-33-46-45-21-6-11-28-53(45)62-58(46)57(52)47-22-5-10-27-51(47)60-49-25-8-3-19-43(49)44-20-4-9-26-50(44)60/h1-36H. The van der Waals surface area contributed by atoms with Crippen LogP contribution in [-0.4, -0.2) is 4.57 Å².